The Morgan fingerprint density at radius 2 is 1.88 bits per heavy atom. The summed E-state index contributed by atoms with van der Waals surface area (Å²) in [5.41, 5.74) is 0.216. The van der Waals surface area contributed by atoms with E-state index in [0.29, 0.717) is 9.95 Å². The molecule has 1 aromatic carbocycles. The molecule has 0 aliphatic carbocycles. The lowest BCUT2D eigenvalue weighted by Gasteiger charge is -2.09. The third-order valence-electron chi connectivity index (χ3n) is 2.56. The van der Waals surface area contributed by atoms with Gasteiger partial charge in [0.2, 0.25) is 5.91 Å². The van der Waals surface area contributed by atoms with E-state index >= 15 is 0 Å². The first-order chi connectivity index (χ1) is 7.80. The van der Waals surface area contributed by atoms with Gasteiger partial charge in [0.25, 0.3) is 0 Å². The quantitative estimate of drug-likeness (QED) is 0.690. The fourth-order valence-electron chi connectivity index (χ4n) is 1.88. The summed E-state index contributed by atoms with van der Waals surface area (Å²) in [5, 5.41) is 0.424. The topological polar surface area (TPSA) is 22.0 Å². The van der Waals surface area contributed by atoms with E-state index in [-0.39, 0.29) is 5.52 Å². The van der Waals surface area contributed by atoms with Gasteiger partial charge in [-0.3, -0.25) is 9.36 Å². The summed E-state index contributed by atoms with van der Waals surface area (Å²) >= 11 is 0. The number of benzene rings is 1. The zero-order valence-electron chi connectivity index (χ0n) is 9.30. The van der Waals surface area contributed by atoms with Crippen molar-refractivity contribution in [2.75, 3.05) is 0 Å². The summed E-state index contributed by atoms with van der Waals surface area (Å²) in [7, 11) is 0. The molecule has 0 atom stereocenters. The van der Waals surface area contributed by atoms with Gasteiger partial charge in [-0.15, -0.1) is 0 Å². The Bertz CT molecular complexity index is 596. The number of halogens is 3. The van der Waals surface area contributed by atoms with E-state index in [1.807, 2.05) is 0 Å². The van der Waals surface area contributed by atoms with Crippen LogP contribution < -0.4 is 0 Å². The number of nitrogens with zero attached hydrogens (tertiary/aromatic N) is 1. The molecule has 0 N–H and O–H groups in total. The first-order valence-corrected chi connectivity index (χ1v) is 5.01. The summed E-state index contributed by atoms with van der Waals surface area (Å²) in [5.74, 6) is -0.642. The van der Waals surface area contributed by atoms with Crippen LogP contribution in [0, 0.1) is 6.92 Å². The van der Waals surface area contributed by atoms with Crippen LogP contribution >= 0.6 is 0 Å². The number of hydrogen-bond donors (Lipinski definition) is 0. The van der Waals surface area contributed by atoms with Gasteiger partial charge in [-0.1, -0.05) is 11.6 Å². The third-order valence-corrected chi connectivity index (χ3v) is 2.56. The molecule has 0 aliphatic heterocycles. The summed E-state index contributed by atoms with van der Waals surface area (Å²) < 4.78 is 39.0. The molecule has 0 aliphatic rings. The fourth-order valence-corrected chi connectivity index (χ4v) is 1.88. The molecule has 0 bridgehead atoms. The Balaban J connectivity index is 2.84. The van der Waals surface area contributed by atoms with Crippen molar-refractivity contribution in [2.24, 2.45) is 0 Å². The highest BCUT2D eigenvalue weighted by molar-refractivity contribution is 5.93. The number of hydrogen-bond acceptors (Lipinski definition) is 1. The lowest BCUT2D eigenvalue weighted by molar-refractivity contribution is -0.142. The molecule has 0 fully saturated rings. The van der Waals surface area contributed by atoms with Crippen LogP contribution in [-0.4, -0.2) is 10.5 Å². The first kappa shape index (κ1) is 11.7. The SMILES string of the molecule is CC(=O)n1c(C(F)(F)F)cc2cc(C)ccc21. The molecule has 2 aromatic rings. The normalized spacial score (nSPS) is 12.1. The largest absolute Gasteiger partial charge is 0.431 e. The van der Waals surface area contributed by atoms with Gasteiger partial charge in [0.05, 0.1) is 5.52 Å². The van der Waals surface area contributed by atoms with Crippen molar-refractivity contribution in [2.45, 2.75) is 20.0 Å². The smallest absolute Gasteiger partial charge is 0.276 e. The van der Waals surface area contributed by atoms with Crippen LogP contribution in [0.25, 0.3) is 10.9 Å². The maximum atomic E-state index is 12.8. The second-order valence-electron chi connectivity index (χ2n) is 3.94. The monoisotopic (exact) mass is 241 g/mol. The van der Waals surface area contributed by atoms with E-state index in [1.165, 1.54) is 6.07 Å². The van der Waals surface area contributed by atoms with Crippen LogP contribution in [0.1, 0.15) is 23.0 Å². The van der Waals surface area contributed by atoms with Crippen molar-refractivity contribution < 1.29 is 18.0 Å². The second kappa shape index (κ2) is 3.61. The lowest BCUT2D eigenvalue weighted by Crippen LogP contribution is -2.17. The van der Waals surface area contributed by atoms with Crippen molar-refractivity contribution in [3.63, 3.8) is 0 Å². The van der Waals surface area contributed by atoms with Crippen LogP contribution in [0.15, 0.2) is 24.3 Å². The van der Waals surface area contributed by atoms with Crippen molar-refractivity contribution in [3.05, 3.63) is 35.5 Å². The molecule has 1 aromatic heterocycles. The number of carbonyl (C=O) groups excluding carboxylic acids is 1. The first-order valence-electron chi connectivity index (χ1n) is 5.01. The van der Waals surface area contributed by atoms with E-state index in [0.717, 1.165) is 18.6 Å². The number of fused-ring (bicyclic) bond motifs is 1. The molecule has 0 saturated carbocycles. The fraction of sp³-hybridized carbons (Fsp3) is 0.250. The van der Waals surface area contributed by atoms with Crippen molar-refractivity contribution >= 4 is 16.8 Å². The minimum absolute atomic E-state index is 0.287. The molecular weight excluding hydrogens is 231 g/mol. The molecule has 2 rings (SSSR count). The Morgan fingerprint density at radius 1 is 1.24 bits per heavy atom. The molecular formula is C12H10F3NO. The highest BCUT2D eigenvalue weighted by Gasteiger charge is 2.36. The summed E-state index contributed by atoms with van der Waals surface area (Å²) in [4.78, 5) is 11.3. The highest BCUT2D eigenvalue weighted by atomic mass is 19.4. The third kappa shape index (κ3) is 1.92. The van der Waals surface area contributed by atoms with Crippen LogP contribution in [0.4, 0.5) is 13.2 Å². The zero-order valence-corrected chi connectivity index (χ0v) is 9.30. The number of aromatic nitrogens is 1. The van der Waals surface area contributed by atoms with Crippen LogP contribution in [0.5, 0.6) is 0 Å². The molecule has 0 amide bonds. The van der Waals surface area contributed by atoms with Gasteiger partial charge < -0.3 is 0 Å². The van der Waals surface area contributed by atoms with Crippen LogP contribution in [0.2, 0.25) is 0 Å². The van der Waals surface area contributed by atoms with Gasteiger partial charge >= 0.3 is 6.18 Å². The standard InChI is InChI=1S/C12H10F3NO/c1-7-3-4-10-9(5-7)6-11(12(13,14)15)16(10)8(2)17/h3-6H,1-2H3. The average Bonchev–Trinajstić information content (AvgIpc) is 2.55. The molecule has 0 unspecified atom stereocenters. The predicted octanol–water partition coefficient (Wildman–Crippen LogP) is 3.63. The average molecular weight is 241 g/mol. The van der Waals surface area contributed by atoms with E-state index < -0.39 is 17.8 Å². The maximum Gasteiger partial charge on any atom is 0.431 e. The van der Waals surface area contributed by atoms with Crippen molar-refractivity contribution in [1.82, 2.24) is 4.57 Å². The number of carbonyl (C=O) groups is 1. The minimum Gasteiger partial charge on any atom is -0.276 e. The molecule has 2 nitrogen and oxygen atoms in total. The van der Waals surface area contributed by atoms with Gasteiger partial charge in [0.15, 0.2) is 0 Å². The molecule has 17 heavy (non-hydrogen) atoms. The highest BCUT2D eigenvalue weighted by Crippen LogP contribution is 2.34. The summed E-state index contributed by atoms with van der Waals surface area (Å²) in [6.07, 6.45) is -4.53. The van der Waals surface area contributed by atoms with E-state index in [9.17, 15) is 18.0 Å². The Kier molecular flexibility index (Phi) is 2.49. The molecule has 0 spiro atoms. The minimum atomic E-state index is -4.53. The number of alkyl halides is 3. The molecule has 5 heteroatoms. The van der Waals surface area contributed by atoms with Gasteiger partial charge in [-0.2, -0.15) is 13.2 Å². The molecule has 0 radical (unpaired) electrons. The number of aryl methyl sites for hydroxylation is 1. The van der Waals surface area contributed by atoms with E-state index in [2.05, 4.69) is 0 Å². The van der Waals surface area contributed by atoms with Gasteiger partial charge in [0.1, 0.15) is 5.69 Å². The van der Waals surface area contributed by atoms with Crippen LogP contribution in [-0.2, 0) is 6.18 Å². The van der Waals surface area contributed by atoms with E-state index in [4.69, 9.17) is 0 Å². The molecule has 90 valence electrons. The Hall–Kier alpha value is -1.78. The van der Waals surface area contributed by atoms with Gasteiger partial charge in [-0.05, 0) is 25.1 Å². The molecule has 1 heterocycles. The zero-order chi connectivity index (χ0) is 12.8. The predicted molar refractivity (Wildman–Crippen MR) is 58.0 cm³/mol. The second-order valence-corrected chi connectivity index (χ2v) is 3.94. The van der Waals surface area contributed by atoms with Crippen molar-refractivity contribution in [3.8, 4) is 0 Å². The lowest BCUT2D eigenvalue weighted by atomic mass is 10.2. The van der Waals surface area contributed by atoms with E-state index in [1.54, 1.807) is 19.1 Å². The summed E-state index contributed by atoms with van der Waals surface area (Å²) in [6, 6.07) is 5.84. The maximum absolute atomic E-state index is 12.8. The summed E-state index contributed by atoms with van der Waals surface area (Å²) in [6.45, 7) is 2.91. The van der Waals surface area contributed by atoms with Gasteiger partial charge in [0, 0.05) is 12.3 Å². The van der Waals surface area contributed by atoms with Gasteiger partial charge in [-0.25, -0.2) is 0 Å². The number of rotatable bonds is 0. The van der Waals surface area contributed by atoms with Crippen LogP contribution in [0.3, 0.4) is 0 Å². The molecule has 0 saturated heterocycles. The Morgan fingerprint density at radius 3 is 2.41 bits per heavy atom. The Labute approximate surface area is 95.7 Å². The van der Waals surface area contributed by atoms with Crippen molar-refractivity contribution in [1.29, 1.82) is 0 Å².